The number of pyridine rings is 1. The van der Waals surface area contributed by atoms with Crippen molar-refractivity contribution in [2.24, 2.45) is 0 Å². The molecule has 0 radical (unpaired) electrons. The lowest BCUT2D eigenvalue weighted by atomic mass is 10.1. The third kappa shape index (κ3) is 6.41. The van der Waals surface area contributed by atoms with Crippen LogP contribution >= 0.6 is 27.5 Å². The molecule has 178 valence electrons. The minimum Gasteiger partial charge on any atom is -0.490 e. The zero-order chi connectivity index (χ0) is 24.8. The van der Waals surface area contributed by atoms with E-state index in [-0.39, 0.29) is 0 Å². The average Bonchev–Trinajstić information content (AvgIpc) is 2.84. The number of fused-ring (bicyclic) bond motifs is 1. The molecule has 1 aromatic heterocycles. The maximum absolute atomic E-state index is 11.5. The van der Waals surface area contributed by atoms with Gasteiger partial charge in [-0.25, -0.2) is 4.98 Å². The summed E-state index contributed by atoms with van der Waals surface area (Å²) in [7, 11) is 0. The Morgan fingerprint density at radius 1 is 1.00 bits per heavy atom. The molecule has 1 heterocycles. The first-order valence-corrected chi connectivity index (χ1v) is 12.2. The Kier molecular flexibility index (Phi) is 8.06. The van der Waals surface area contributed by atoms with Gasteiger partial charge in [0.25, 0.3) is 0 Å². The molecule has 3 aromatic carbocycles. The summed E-state index contributed by atoms with van der Waals surface area (Å²) in [5, 5.41) is 1.68. The lowest BCUT2D eigenvalue weighted by molar-refractivity contribution is -0.132. The summed E-state index contributed by atoms with van der Waals surface area (Å²) in [6.07, 6.45) is 3.84. The van der Waals surface area contributed by atoms with Crippen LogP contribution in [0.15, 0.2) is 71.2 Å². The number of halogens is 2. The Morgan fingerprint density at radius 3 is 2.54 bits per heavy atom. The Balaban J connectivity index is 1.59. The highest BCUT2D eigenvalue weighted by Crippen LogP contribution is 2.37. The summed E-state index contributed by atoms with van der Waals surface area (Å²) >= 11 is 9.45. The van der Waals surface area contributed by atoms with E-state index in [0.717, 1.165) is 27.7 Å². The van der Waals surface area contributed by atoms with Gasteiger partial charge in [-0.05, 0) is 76.5 Å². The summed E-state index contributed by atoms with van der Waals surface area (Å²) in [5.41, 5.74) is 3.45. The van der Waals surface area contributed by atoms with Crippen LogP contribution in [-0.2, 0) is 11.4 Å². The van der Waals surface area contributed by atoms with Gasteiger partial charge >= 0.3 is 5.97 Å². The molecule has 0 aliphatic rings. The predicted octanol–water partition coefficient (Wildman–Crippen LogP) is 7.72. The molecule has 4 aromatic rings. The number of rotatable bonds is 8. The van der Waals surface area contributed by atoms with Gasteiger partial charge in [-0.15, -0.1) is 0 Å². The number of benzene rings is 3. The van der Waals surface area contributed by atoms with Crippen LogP contribution in [-0.4, -0.2) is 17.6 Å². The quantitative estimate of drug-likeness (QED) is 0.165. The zero-order valence-corrected chi connectivity index (χ0v) is 21.6. The van der Waals surface area contributed by atoms with E-state index in [4.69, 9.17) is 30.8 Å². The summed E-state index contributed by atoms with van der Waals surface area (Å²) in [6, 6.07) is 21.1. The Bertz CT molecular complexity index is 1390. The summed E-state index contributed by atoms with van der Waals surface area (Å²) in [6.45, 7) is 4.09. The molecule has 7 heteroatoms. The Hall–Kier alpha value is -3.35. The van der Waals surface area contributed by atoms with E-state index in [0.29, 0.717) is 40.0 Å². The van der Waals surface area contributed by atoms with Gasteiger partial charge in [0.15, 0.2) is 11.5 Å². The first kappa shape index (κ1) is 24.8. The molecule has 0 bridgehead atoms. The SMILES string of the molecule is CCOc1cc(/C=C/c2ccc3cccc(OCc4ccc(Cl)cc4)c3n2)cc(Br)c1OC(C)=O. The molecule has 0 saturated heterocycles. The third-order valence-corrected chi connectivity index (χ3v) is 5.88. The molecule has 0 spiro atoms. The number of carbonyl (C=O) groups excluding carboxylic acids is 1. The van der Waals surface area contributed by atoms with Crippen LogP contribution < -0.4 is 14.2 Å². The number of hydrogen-bond donors (Lipinski definition) is 0. The van der Waals surface area contributed by atoms with Crippen molar-refractivity contribution in [1.82, 2.24) is 4.98 Å². The van der Waals surface area contributed by atoms with E-state index in [1.807, 2.05) is 85.8 Å². The number of carbonyl (C=O) groups is 1. The molecule has 0 saturated carbocycles. The van der Waals surface area contributed by atoms with E-state index >= 15 is 0 Å². The molecule has 4 rings (SSSR count). The normalized spacial score (nSPS) is 11.1. The Labute approximate surface area is 217 Å². The molecule has 0 atom stereocenters. The van der Waals surface area contributed by atoms with Crippen LogP contribution in [0.2, 0.25) is 5.02 Å². The fourth-order valence-electron chi connectivity index (χ4n) is 3.46. The van der Waals surface area contributed by atoms with Crippen molar-refractivity contribution in [3.05, 3.63) is 93.0 Å². The first-order chi connectivity index (χ1) is 16.9. The fourth-order valence-corrected chi connectivity index (χ4v) is 4.12. The van der Waals surface area contributed by atoms with Crippen LogP contribution in [0.25, 0.3) is 23.1 Å². The lowest BCUT2D eigenvalue weighted by Gasteiger charge is -2.12. The molecule has 0 fully saturated rings. The van der Waals surface area contributed by atoms with Gasteiger partial charge in [0.1, 0.15) is 17.9 Å². The fraction of sp³-hybridized carbons (Fsp3) is 0.143. The van der Waals surface area contributed by atoms with Crippen molar-refractivity contribution >= 4 is 56.6 Å². The van der Waals surface area contributed by atoms with Gasteiger partial charge in [-0.1, -0.05) is 48.0 Å². The van der Waals surface area contributed by atoms with Gasteiger partial charge < -0.3 is 14.2 Å². The van der Waals surface area contributed by atoms with Crippen molar-refractivity contribution in [3.63, 3.8) is 0 Å². The molecule has 0 amide bonds. The molecule has 0 unspecified atom stereocenters. The second-order valence-electron chi connectivity index (χ2n) is 7.67. The average molecular weight is 553 g/mol. The van der Waals surface area contributed by atoms with Gasteiger partial charge in [0, 0.05) is 17.3 Å². The second-order valence-corrected chi connectivity index (χ2v) is 8.96. The van der Waals surface area contributed by atoms with Gasteiger partial charge in [0.2, 0.25) is 0 Å². The number of hydrogen-bond acceptors (Lipinski definition) is 5. The van der Waals surface area contributed by atoms with Crippen molar-refractivity contribution in [2.75, 3.05) is 6.61 Å². The first-order valence-electron chi connectivity index (χ1n) is 11.0. The smallest absolute Gasteiger partial charge is 0.308 e. The van der Waals surface area contributed by atoms with E-state index < -0.39 is 5.97 Å². The van der Waals surface area contributed by atoms with Crippen molar-refractivity contribution in [1.29, 1.82) is 0 Å². The van der Waals surface area contributed by atoms with Crippen LogP contribution in [0.4, 0.5) is 0 Å². The Morgan fingerprint density at radius 2 is 1.80 bits per heavy atom. The van der Waals surface area contributed by atoms with Crippen molar-refractivity contribution in [3.8, 4) is 17.2 Å². The van der Waals surface area contributed by atoms with Crippen LogP contribution in [0.5, 0.6) is 17.2 Å². The van der Waals surface area contributed by atoms with Crippen LogP contribution in [0, 0.1) is 0 Å². The highest BCUT2D eigenvalue weighted by atomic mass is 79.9. The van der Waals surface area contributed by atoms with E-state index in [2.05, 4.69) is 15.9 Å². The highest BCUT2D eigenvalue weighted by molar-refractivity contribution is 9.10. The van der Waals surface area contributed by atoms with Gasteiger partial charge in [-0.3, -0.25) is 4.79 Å². The number of nitrogens with zero attached hydrogens (tertiary/aromatic N) is 1. The maximum Gasteiger partial charge on any atom is 0.308 e. The molecule has 35 heavy (non-hydrogen) atoms. The molecular formula is C28H23BrClNO4. The predicted molar refractivity (Wildman–Crippen MR) is 143 cm³/mol. The van der Waals surface area contributed by atoms with Crippen molar-refractivity contribution < 1.29 is 19.0 Å². The lowest BCUT2D eigenvalue weighted by Crippen LogP contribution is -2.05. The zero-order valence-electron chi connectivity index (χ0n) is 19.3. The molecule has 5 nitrogen and oxygen atoms in total. The number of esters is 1. The number of aromatic nitrogens is 1. The standard InChI is InChI=1S/C28H23BrClNO4/c1-3-33-26-16-20(15-24(29)28(26)35-18(2)32)9-13-23-14-10-21-5-4-6-25(27(21)31-23)34-17-19-7-11-22(30)12-8-19/h4-16H,3,17H2,1-2H3/b13-9+. The summed E-state index contributed by atoms with van der Waals surface area (Å²) in [4.78, 5) is 16.3. The van der Waals surface area contributed by atoms with E-state index in [1.54, 1.807) is 0 Å². The third-order valence-electron chi connectivity index (χ3n) is 5.04. The minimum absolute atomic E-state index is 0.364. The second kappa shape index (κ2) is 11.4. The highest BCUT2D eigenvalue weighted by Gasteiger charge is 2.13. The monoisotopic (exact) mass is 551 g/mol. The largest absolute Gasteiger partial charge is 0.490 e. The van der Waals surface area contributed by atoms with Crippen LogP contribution in [0.3, 0.4) is 0 Å². The molecule has 0 N–H and O–H groups in total. The molecular weight excluding hydrogens is 530 g/mol. The molecule has 0 aliphatic heterocycles. The van der Waals surface area contributed by atoms with E-state index in [1.165, 1.54) is 6.92 Å². The van der Waals surface area contributed by atoms with Crippen molar-refractivity contribution in [2.45, 2.75) is 20.5 Å². The summed E-state index contributed by atoms with van der Waals surface area (Å²) < 4.78 is 17.7. The number of para-hydroxylation sites is 1. The van der Waals surface area contributed by atoms with Gasteiger partial charge in [-0.2, -0.15) is 0 Å². The topological polar surface area (TPSA) is 57.6 Å². The summed E-state index contributed by atoms with van der Waals surface area (Å²) in [5.74, 6) is 1.15. The minimum atomic E-state index is -0.413. The van der Waals surface area contributed by atoms with E-state index in [9.17, 15) is 4.79 Å². The van der Waals surface area contributed by atoms with Gasteiger partial charge in [0.05, 0.1) is 16.8 Å². The van der Waals surface area contributed by atoms with Crippen LogP contribution in [0.1, 0.15) is 30.7 Å². The molecule has 0 aliphatic carbocycles. The maximum atomic E-state index is 11.5. The number of ether oxygens (including phenoxy) is 3.